The van der Waals surface area contributed by atoms with Crippen molar-refractivity contribution in [2.75, 3.05) is 25.2 Å². The van der Waals surface area contributed by atoms with E-state index in [4.69, 9.17) is 4.74 Å². The van der Waals surface area contributed by atoms with Gasteiger partial charge in [0.2, 0.25) is 0 Å². The molecule has 0 aromatic carbocycles. The third-order valence-electron chi connectivity index (χ3n) is 3.43. The van der Waals surface area contributed by atoms with E-state index in [1.165, 1.54) is 0 Å². The molecule has 1 aromatic heterocycles. The lowest BCUT2D eigenvalue weighted by molar-refractivity contribution is 0.0744. The van der Waals surface area contributed by atoms with Crippen LogP contribution in [0.4, 0.5) is 5.69 Å². The Morgan fingerprint density at radius 1 is 1.47 bits per heavy atom. The summed E-state index contributed by atoms with van der Waals surface area (Å²) in [5, 5.41) is 9.43. The highest BCUT2D eigenvalue weighted by molar-refractivity contribution is 5.46. The predicted octanol–water partition coefficient (Wildman–Crippen LogP) is 1.37. The summed E-state index contributed by atoms with van der Waals surface area (Å²) in [4.78, 5) is 6.51. The van der Waals surface area contributed by atoms with Crippen molar-refractivity contribution in [1.82, 2.24) is 4.98 Å². The summed E-state index contributed by atoms with van der Waals surface area (Å²) in [5.74, 6) is 0. The van der Waals surface area contributed by atoms with Crippen molar-refractivity contribution < 1.29 is 9.84 Å². The highest BCUT2D eigenvalue weighted by atomic mass is 16.5. The zero-order valence-electron chi connectivity index (χ0n) is 10.5. The summed E-state index contributed by atoms with van der Waals surface area (Å²) in [6.45, 7) is 2.98. The van der Waals surface area contributed by atoms with E-state index in [-0.39, 0.29) is 18.8 Å². The Morgan fingerprint density at radius 3 is 2.88 bits per heavy atom. The number of nitrogens with zero attached hydrogens (tertiary/aromatic N) is 2. The minimum atomic E-state index is 0.185. The highest BCUT2D eigenvalue weighted by Gasteiger charge is 2.27. The number of methoxy groups -OCH3 is 1. The number of pyridine rings is 1. The number of aliphatic hydroxyl groups is 1. The molecule has 2 rings (SSSR count). The molecule has 0 unspecified atom stereocenters. The van der Waals surface area contributed by atoms with E-state index in [9.17, 15) is 5.11 Å². The fourth-order valence-corrected chi connectivity index (χ4v) is 2.32. The summed E-state index contributed by atoms with van der Waals surface area (Å²) >= 11 is 0. The number of aliphatic hydroxyl groups excluding tert-OH is 1. The molecule has 94 valence electrons. The average Bonchev–Trinajstić information content (AvgIpc) is 2.39. The first-order valence-electron chi connectivity index (χ1n) is 6.07. The number of rotatable bonds is 3. The molecule has 0 amide bonds. The molecule has 2 atom stereocenters. The summed E-state index contributed by atoms with van der Waals surface area (Å²) in [7, 11) is 1.75. The number of aromatic nitrogens is 1. The van der Waals surface area contributed by atoms with Gasteiger partial charge in [0, 0.05) is 19.3 Å². The van der Waals surface area contributed by atoms with Crippen LogP contribution in [0.3, 0.4) is 0 Å². The molecule has 0 saturated carbocycles. The number of hydrogen-bond acceptors (Lipinski definition) is 4. The number of aryl methyl sites for hydroxylation is 1. The molecule has 0 aliphatic carbocycles. The van der Waals surface area contributed by atoms with E-state index in [2.05, 4.69) is 16.0 Å². The molecule has 0 radical (unpaired) electrons. The molecule has 1 N–H and O–H groups in total. The molecule has 1 aliphatic heterocycles. The van der Waals surface area contributed by atoms with E-state index >= 15 is 0 Å². The maximum Gasteiger partial charge on any atom is 0.0747 e. The van der Waals surface area contributed by atoms with Gasteiger partial charge in [-0.05, 0) is 31.9 Å². The second-order valence-corrected chi connectivity index (χ2v) is 4.58. The van der Waals surface area contributed by atoms with Gasteiger partial charge in [0.15, 0.2) is 0 Å². The number of piperidine rings is 1. The molecule has 2 heterocycles. The minimum Gasteiger partial charge on any atom is -0.394 e. The van der Waals surface area contributed by atoms with Crippen molar-refractivity contribution >= 4 is 5.69 Å². The van der Waals surface area contributed by atoms with E-state index in [0.29, 0.717) is 0 Å². The number of ether oxygens (including phenoxy) is 1. The largest absolute Gasteiger partial charge is 0.394 e. The normalized spacial score (nSPS) is 25.0. The first kappa shape index (κ1) is 12.3. The SMILES string of the molecule is CO[C@@H]1CC[C@@H](CO)N(c2ccc(C)nc2)C1. The van der Waals surface area contributed by atoms with Gasteiger partial charge in [-0.3, -0.25) is 4.98 Å². The number of hydrogen-bond donors (Lipinski definition) is 1. The Bertz CT molecular complexity index is 353. The second-order valence-electron chi connectivity index (χ2n) is 4.58. The Morgan fingerprint density at radius 2 is 2.29 bits per heavy atom. The summed E-state index contributed by atoms with van der Waals surface area (Å²) in [6, 6.07) is 4.24. The van der Waals surface area contributed by atoms with Gasteiger partial charge < -0.3 is 14.7 Å². The van der Waals surface area contributed by atoms with Crippen molar-refractivity contribution in [3.8, 4) is 0 Å². The zero-order chi connectivity index (χ0) is 12.3. The quantitative estimate of drug-likeness (QED) is 0.861. The molecule has 4 heteroatoms. The summed E-state index contributed by atoms with van der Waals surface area (Å²) < 4.78 is 5.42. The smallest absolute Gasteiger partial charge is 0.0747 e. The van der Waals surface area contributed by atoms with Crippen LogP contribution in [-0.2, 0) is 4.74 Å². The van der Waals surface area contributed by atoms with Gasteiger partial charge in [-0.25, -0.2) is 0 Å². The fourth-order valence-electron chi connectivity index (χ4n) is 2.32. The van der Waals surface area contributed by atoms with Gasteiger partial charge >= 0.3 is 0 Å². The Kier molecular flexibility index (Phi) is 3.97. The van der Waals surface area contributed by atoms with Crippen molar-refractivity contribution in [3.05, 3.63) is 24.0 Å². The first-order valence-corrected chi connectivity index (χ1v) is 6.07. The van der Waals surface area contributed by atoms with Gasteiger partial charge in [0.1, 0.15) is 0 Å². The van der Waals surface area contributed by atoms with Crippen LogP contribution in [0.2, 0.25) is 0 Å². The first-order chi connectivity index (χ1) is 8.24. The van der Waals surface area contributed by atoms with Crippen LogP contribution in [0.25, 0.3) is 0 Å². The van der Waals surface area contributed by atoms with Gasteiger partial charge in [0.25, 0.3) is 0 Å². The lowest BCUT2D eigenvalue weighted by Crippen LogP contribution is -2.48. The van der Waals surface area contributed by atoms with Crippen LogP contribution in [0.1, 0.15) is 18.5 Å². The van der Waals surface area contributed by atoms with E-state index < -0.39 is 0 Å². The van der Waals surface area contributed by atoms with Crippen LogP contribution < -0.4 is 4.90 Å². The van der Waals surface area contributed by atoms with Gasteiger partial charge in [-0.1, -0.05) is 0 Å². The van der Waals surface area contributed by atoms with Crippen LogP contribution in [-0.4, -0.2) is 42.5 Å². The molecule has 0 bridgehead atoms. The summed E-state index contributed by atoms with van der Waals surface area (Å²) in [6.07, 6.45) is 4.09. The molecular formula is C13H20N2O2. The van der Waals surface area contributed by atoms with Crippen LogP contribution in [0.5, 0.6) is 0 Å². The van der Waals surface area contributed by atoms with E-state index in [1.54, 1.807) is 7.11 Å². The van der Waals surface area contributed by atoms with Gasteiger partial charge in [0.05, 0.1) is 30.6 Å². The maximum atomic E-state index is 9.43. The second kappa shape index (κ2) is 5.47. The summed E-state index contributed by atoms with van der Waals surface area (Å²) in [5.41, 5.74) is 2.07. The van der Waals surface area contributed by atoms with Gasteiger partial charge in [-0.2, -0.15) is 0 Å². The average molecular weight is 236 g/mol. The molecule has 17 heavy (non-hydrogen) atoms. The highest BCUT2D eigenvalue weighted by Crippen LogP contribution is 2.25. The van der Waals surface area contributed by atoms with Crippen LogP contribution >= 0.6 is 0 Å². The van der Waals surface area contributed by atoms with E-state index in [0.717, 1.165) is 30.8 Å². The molecule has 1 aliphatic rings. The predicted molar refractivity (Wildman–Crippen MR) is 67.2 cm³/mol. The van der Waals surface area contributed by atoms with E-state index in [1.807, 2.05) is 19.2 Å². The Balaban J connectivity index is 2.17. The van der Waals surface area contributed by atoms with Gasteiger partial charge in [-0.15, -0.1) is 0 Å². The van der Waals surface area contributed by atoms with Crippen molar-refractivity contribution in [2.45, 2.75) is 31.9 Å². The molecule has 1 aromatic rings. The van der Waals surface area contributed by atoms with Crippen molar-refractivity contribution in [2.24, 2.45) is 0 Å². The molecule has 1 fully saturated rings. The Hall–Kier alpha value is -1.13. The van der Waals surface area contributed by atoms with Crippen molar-refractivity contribution in [3.63, 3.8) is 0 Å². The lowest BCUT2D eigenvalue weighted by atomic mass is 10.00. The number of anilines is 1. The third-order valence-corrected chi connectivity index (χ3v) is 3.43. The van der Waals surface area contributed by atoms with Crippen LogP contribution in [0, 0.1) is 6.92 Å². The van der Waals surface area contributed by atoms with Crippen LogP contribution in [0.15, 0.2) is 18.3 Å². The minimum absolute atomic E-state index is 0.185. The molecule has 1 saturated heterocycles. The fraction of sp³-hybridized carbons (Fsp3) is 0.615. The monoisotopic (exact) mass is 236 g/mol. The molecular weight excluding hydrogens is 216 g/mol. The molecule has 4 nitrogen and oxygen atoms in total. The lowest BCUT2D eigenvalue weighted by Gasteiger charge is -2.39. The zero-order valence-corrected chi connectivity index (χ0v) is 10.5. The topological polar surface area (TPSA) is 45.6 Å². The molecule has 0 spiro atoms. The van der Waals surface area contributed by atoms with Crippen molar-refractivity contribution in [1.29, 1.82) is 0 Å². The Labute approximate surface area is 102 Å². The standard InChI is InChI=1S/C13H20N2O2/c1-10-3-4-11(7-14-10)15-8-13(17-2)6-5-12(15)9-16/h3-4,7,12-13,16H,5-6,8-9H2,1-2H3/t12-,13+/m0/s1. The third kappa shape index (κ3) is 2.76. The maximum absolute atomic E-state index is 9.43.